The Balaban J connectivity index is 1.38. The highest BCUT2D eigenvalue weighted by Crippen LogP contribution is 2.29. The molecule has 0 saturated heterocycles. The van der Waals surface area contributed by atoms with Gasteiger partial charge in [0.1, 0.15) is 5.82 Å². The van der Waals surface area contributed by atoms with Gasteiger partial charge in [-0.1, -0.05) is 35.5 Å². The first-order valence-electron chi connectivity index (χ1n) is 8.84. The second-order valence-corrected chi connectivity index (χ2v) is 6.58. The van der Waals surface area contributed by atoms with Crippen LogP contribution in [-0.4, -0.2) is 36.5 Å². The summed E-state index contributed by atoms with van der Waals surface area (Å²) in [5.74, 6) is 2.05. The third kappa shape index (κ3) is 3.66. The number of carbonyl (C=O) groups excluding carboxylic acids is 1. The molecule has 26 heavy (non-hydrogen) atoms. The van der Waals surface area contributed by atoms with Crippen LogP contribution < -0.4 is 0 Å². The number of amides is 1. The van der Waals surface area contributed by atoms with E-state index in [1.165, 1.54) is 0 Å². The van der Waals surface area contributed by atoms with Gasteiger partial charge in [-0.25, -0.2) is 4.98 Å². The number of hydrogen-bond donors (Lipinski definition) is 0. The second-order valence-electron chi connectivity index (χ2n) is 6.58. The Kier molecular flexibility index (Phi) is 4.51. The molecule has 0 unspecified atom stereocenters. The highest BCUT2D eigenvalue weighted by atomic mass is 16.5. The molecular formula is C19H21N5O2. The summed E-state index contributed by atoms with van der Waals surface area (Å²) in [6.45, 7) is 0.548. The van der Waals surface area contributed by atoms with Gasteiger partial charge in [-0.15, -0.1) is 0 Å². The van der Waals surface area contributed by atoms with E-state index in [-0.39, 0.29) is 5.91 Å². The van der Waals surface area contributed by atoms with Gasteiger partial charge in [0.2, 0.25) is 17.6 Å². The topological polar surface area (TPSA) is 77.1 Å². The molecule has 2 heterocycles. The van der Waals surface area contributed by atoms with Gasteiger partial charge in [-0.2, -0.15) is 4.98 Å². The minimum absolute atomic E-state index is 0.106. The lowest BCUT2D eigenvalue weighted by Gasteiger charge is -2.21. The third-order valence-electron chi connectivity index (χ3n) is 4.59. The fourth-order valence-corrected chi connectivity index (χ4v) is 2.93. The Morgan fingerprint density at radius 2 is 2.12 bits per heavy atom. The van der Waals surface area contributed by atoms with Gasteiger partial charge in [0.25, 0.3) is 0 Å². The van der Waals surface area contributed by atoms with E-state index in [9.17, 15) is 4.79 Å². The predicted molar refractivity (Wildman–Crippen MR) is 94.8 cm³/mol. The highest BCUT2D eigenvalue weighted by Gasteiger charge is 2.33. The number of aryl methyl sites for hydroxylation is 2. The van der Waals surface area contributed by atoms with E-state index in [1.807, 2.05) is 53.0 Å². The number of nitrogens with zero attached hydrogens (tertiary/aromatic N) is 5. The average molecular weight is 351 g/mol. The van der Waals surface area contributed by atoms with E-state index in [1.54, 1.807) is 6.20 Å². The molecule has 1 saturated carbocycles. The minimum Gasteiger partial charge on any atom is -0.339 e. The minimum atomic E-state index is 0.106. The lowest BCUT2D eigenvalue weighted by molar-refractivity contribution is -0.132. The molecule has 4 rings (SSSR count). The van der Waals surface area contributed by atoms with Crippen molar-refractivity contribution in [2.45, 2.75) is 38.3 Å². The first-order valence-corrected chi connectivity index (χ1v) is 8.84. The quantitative estimate of drug-likeness (QED) is 0.654. The monoisotopic (exact) mass is 351 g/mol. The Morgan fingerprint density at radius 3 is 2.81 bits per heavy atom. The van der Waals surface area contributed by atoms with Gasteiger partial charge in [0.15, 0.2) is 0 Å². The van der Waals surface area contributed by atoms with Gasteiger partial charge in [0, 0.05) is 43.9 Å². The molecule has 0 N–H and O–H groups in total. The Morgan fingerprint density at radius 1 is 1.31 bits per heavy atom. The smallest absolute Gasteiger partial charge is 0.227 e. The largest absolute Gasteiger partial charge is 0.339 e. The van der Waals surface area contributed by atoms with E-state index in [4.69, 9.17) is 4.52 Å². The Bertz CT molecular complexity index is 882. The number of rotatable bonds is 7. The van der Waals surface area contributed by atoms with Crippen LogP contribution in [0.15, 0.2) is 47.2 Å². The number of aromatic nitrogens is 4. The van der Waals surface area contributed by atoms with Gasteiger partial charge in [0.05, 0.1) is 6.54 Å². The molecule has 3 aromatic rings. The van der Waals surface area contributed by atoms with E-state index in [0.717, 1.165) is 24.2 Å². The van der Waals surface area contributed by atoms with Crippen molar-refractivity contribution >= 4 is 5.91 Å². The Hall–Kier alpha value is -2.96. The molecule has 0 radical (unpaired) electrons. The third-order valence-corrected chi connectivity index (χ3v) is 4.59. The first kappa shape index (κ1) is 16.5. The molecule has 7 nitrogen and oxygen atoms in total. The van der Waals surface area contributed by atoms with E-state index < -0.39 is 0 Å². The van der Waals surface area contributed by atoms with Crippen molar-refractivity contribution in [1.82, 2.24) is 24.6 Å². The first-order chi connectivity index (χ1) is 12.7. The fourth-order valence-electron chi connectivity index (χ4n) is 2.93. The molecule has 0 bridgehead atoms. The maximum atomic E-state index is 12.7. The lowest BCUT2D eigenvalue weighted by Crippen LogP contribution is -2.33. The summed E-state index contributed by atoms with van der Waals surface area (Å²) in [5.41, 5.74) is 0.906. The number of imidazole rings is 1. The number of carbonyl (C=O) groups is 1. The molecule has 1 aliphatic rings. The van der Waals surface area contributed by atoms with Crippen molar-refractivity contribution in [1.29, 1.82) is 0 Å². The van der Waals surface area contributed by atoms with Crippen molar-refractivity contribution in [3.05, 3.63) is 54.4 Å². The zero-order valence-electron chi connectivity index (χ0n) is 14.7. The lowest BCUT2D eigenvalue weighted by atomic mass is 10.2. The van der Waals surface area contributed by atoms with Crippen LogP contribution in [0.5, 0.6) is 0 Å². The van der Waals surface area contributed by atoms with E-state index in [2.05, 4.69) is 15.1 Å². The molecule has 0 atom stereocenters. The van der Waals surface area contributed by atoms with Crippen LogP contribution in [0.3, 0.4) is 0 Å². The van der Waals surface area contributed by atoms with E-state index in [0.29, 0.717) is 37.1 Å². The highest BCUT2D eigenvalue weighted by molar-refractivity contribution is 5.77. The van der Waals surface area contributed by atoms with Crippen molar-refractivity contribution in [3.63, 3.8) is 0 Å². The molecule has 2 aromatic heterocycles. The van der Waals surface area contributed by atoms with Crippen LogP contribution in [-0.2, 0) is 24.8 Å². The van der Waals surface area contributed by atoms with Gasteiger partial charge < -0.3 is 14.0 Å². The molecule has 1 aliphatic carbocycles. The van der Waals surface area contributed by atoms with Crippen LogP contribution >= 0.6 is 0 Å². The van der Waals surface area contributed by atoms with Gasteiger partial charge in [-0.05, 0) is 12.8 Å². The molecular weight excluding hydrogens is 330 g/mol. The molecule has 7 heteroatoms. The van der Waals surface area contributed by atoms with Crippen LogP contribution in [0.1, 0.15) is 31.0 Å². The molecule has 1 fully saturated rings. The normalized spacial score (nSPS) is 13.7. The second kappa shape index (κ2) is 7.11. The number of hydrogen-bond acceptors (Lipinski definition) is 5. The molecule has 1 aromatic carbocycles. The van der Waals surface area contributed by atoms with Crippen LogP contribution in [0.2, 0.25) is 0 Å². The summed E-state index contributed by atoms with van der Waals surface area (Å²) in [5, 5.41) is 4.00. The summed E-state index contributed by atoms with van der Waals surface area (Å²) < 4.78 is 7.25. The summed E-state index contributed by atoms with van der Waals surface area (Å²) >= 11 is 0. The predicted octanol–water partition coefficient (Wildman–Crippen LogP) is 2.59. The standard InChI is InChI=1S/C19H21N5O2/c1-23-12-11-20-16(23)13-24(15-7-8-15)18(25)10-9-17-21-19(22-26-17)14-5-3-2-4-6-14/h2-6,11-12,15H,7-10,13H2,1H3. The molecule has 0 spiro atoms. The van der Waals surface area contributed by atoms with Gasteiger partial charge >= 0.3 is 0 Å². The zero-order chi connectivity index (χ0) is 17.9. The van der Waals surface area contributed by atoms with Crippen LogP contribution in [0.4, 0.5) is 0 Å². The van der Waals surface area contributed by atoms with Crippen LogP contribution in [0, 0.1) is 0 Å². The summed E-state index contributed by atoms with van der Waals surface area (Å²) in [6, 6.07) is 10.0. The van der Waals surface area contributed by atoms with Crippen molar-refractivity contribution in [2.24, 2.45) is 7.05 Å². The molecule has 134 valence electrons. The maximum Gasteiger partial charge on any atom is 0.227 e. The Labute approximate surface area is 151 Å². The maximum absolute atomic E-state index is 12.7. The summed E-state index contributed by atoms with van der Waals surface area (Å²) in [7, 11) is 1.95. The van der Waals surface area contributed by atoms with Crippen molar-refractivity contribution in [2.75, 3.05) is 0 Å². The molecule has 1 amide bonds. The average Bonchev–Trinajstić information content (AvgIpc) is 3.25. The fraction of sp³-hybridized carbons (Fsp3) is 0.368. The number of benzene rings is 1. The summed E-state index contributed by atoms with van der Waals surface area (Å²) in [4.78, 5) is 23.4. The van der Waals surface area contributed by atoms with Gasteiger partial charge in [-0.3, -0.25) is 4.79 Å². The van der Waals surface area contributed by atoms with E-state index >= 15 is 0 Å². The van der Waals surface area contributed by atoms with Crippen molar-refractivity contribution < 1.29 is 9.32 Å². The van der Waals surface area contributed by atoms with Crippen molar-refractivity contribution in [3.8, 4) is 11.4 Å². The molecule has 0 aliphatic heterocycles. The summed E-state index contributed by atoms with van der Waals surface area (Å²) in [6.07, 6.45) is 6.59. The zero-order valence-corrected chi connectivity index (χ0v) is 14.7. The SMILES string of the molecule is Cn1ccnc1CN(C(=O)CCc1nc(-c2ccccc2)no1)C1CC1. The van der Waals surface area contributed by atoms with Crippen LogP contribution in [0.25, 0.3) is 11.4 Å².